The van der Waals surface area contributed by atoms with Gasteiger partial charge in [-0.2, -0.15) is 0 Å². The molecule has 50 heavy (non-hydrogen) atoms. The highest BCUT2D eigenvalue weighted by Gasteiger charge is 2.30. The van der Waals surface area contributed by atoms with Crippen LogP contribution < -0.4 is 10.6 Å². The van der Waals surface area contributed by atoms with Gasteiger partial charge in [0.2, 0.25) is 5.91 Å². The zero-order valence-corrected chi connectivity index (χ0v) is 31.2. The first kappa shape index (κ1) is 43.1. The molecular formula is C41H66N2O7. The molecule has 1 amide bonds. The Balaban J connectivity index is 0.000000391. The van der Waals surface area contributed by atoms with Crippen LogP contribution in [0.4, 0.5) is 0 Å². The molecule has 2 fully saturated rings. The van der Waals surface area contributed by atoms with Gasteiger partial charge in [-0.25, -0.2) is 4.79 Å². The number of carbonyl (C=O) groups is 5. The number of aliphatic carboxylic acids is 1. The lowest BCUT2D eigenvalue weighted by atomic mass is 9.82. The van der Waals surface area contributed by atoms with E-state index in [-0.39, 0.29) is 59.7 Å². The van der Waals surface area contributed by atoms with Crippen LogP contribution in [0.25, 0.3) is 0 Å². The second kappa shape index (κ2) is 25.0. The van der Waals surface area contributed by atoms with Gasteiger partial charge in [0.25, 0.3) is 0 Å². The van der Waals surface area contributed by atoms with Gasteiger partial charge >= 0.3 is 5.97 Å². The molecule has 282 valence electrons. The largest absolute Gasteiger partial charge is 0.508 e. The van der Waals surface area contributed by atoms with Crippen molar-refractivity contribution in [3.8, 4) is 5.75 Å². The van der Waals surface area contributed by atoms with Crippen molar-refractivity contribution in [3.05, 3.63) is 29.8 Å². The zero-order chi connectivity index (χ0) is 36.7. The summed E-state index contributed by atoms with van der Waals surface area (Å²) in [7, 11) is 0. The zero-order valence-electron chi connectivity index (χ0n) is 31.2. The molecule has 9 nitrogen and oxygen atoms in total. The van der Waals surface area contributed by atoms with Crippen molar-refractivity contribution in [3.63, 3.8) is 0 Å². The standard InChI is InChI=1S/C25H37NO5.C16H29NO2/c1-2-19-10-8-6-4-3-5-7-9-11-20(24(19)29)17-23(28)26-22(25(30)31)16-18-12-14-21(27)15-13-18;1-3-14-8-4-6-10-17-11-7-5-9-15(16(14)19)12-13(2)18/h12-15,19-20,22,27H,2-11,16-17H2,1H3,(H,26,28)(H,30,31);14-15,17H,3-12H2,1-2H3/t19-,20?,22-;14-,15?/m00/s1. The maximum Gasteiger partial charge on any atom is 0.326 e. The van der Waals surface area contributed by atoms with Crippen LogP contribution in [0.2, 0.25) is 0 Å². The fourth-order valence-corrected chi connectivity index (χ4v) is 7.42. The molecule has 0 spiro atoms. The molecule has 5 atom stereocenters. The van der Waals surface area contributed by atoms with Crippen molar-refractivity contribution in [2.24, 2.45) is 23.7 Å². The Kier molecular flexibility index (Phi) is 21.5. The van der Waals surface area contributed by atoms with Gasteiger partial charge in [0.15, 0.2) is 0 Å². The summed E-state index contributed by atoms with van der Waals surface area (Å²) >= 11 is 0. The number of nitrogens with one attached hydrogen (secondary N) is 2. The summed E-state index contributed by atoms with van der Waals surface area (Å²) < 4.78 is 0. The quantitative estimate of drug-likeness (QED) is 0.194. The Morgan fingerprint density at radius 3 is 1.60 bits per heavy atom. The number of carboxylic acids is 1. The summed E-state index contributed by atoms with van der Waals surface area (Å²) in [6.45, 7) is 7.84. The van der Waals surface area contributed by atoms with Crippen molar-refractivity contribution in [1.29, 1.82) is 0 Å². The minimum atomic E-state index is -1.11. The highest BCUT2D eigenvalue weighted by Crippen LogP contribution is 2.27. The van der Waals surface area contributed by atoms with Gasteiger partial charge in [-0.1, -0.05) is 83.8 Å². The van der Waals surface area contributed by atoms with Crippen LogP contribution >= 0.6 is 0 Å². The Bertz CT molecular complexity index is 1170. The summed E-state index contributed by atoms with van der Waals surface area (Å²) in [5.74, 6) is -0.925. The van der Waals surface area contributed by atoms with Crippen LogP contribution in [0.1, 0.15) is 148 Å². The first-order valence-electron chi connectivity index (χ1n) is 19.6. The van der Waals surface area contributed by atoms with E-state index in [0.717, 1.165) is 103 Å². The Morgan fingerprint density at radius 2 is 1.14 bits per heavy atom. The van der Waals surface area contributed by atoms with Crippen molar-refractivity contribution in [1.82, 2.24) is 10.6 Å². The van der Waals surface area contributed by atoms with Crippen LogP contribution in [0, 0.1) is 23.7 Å². The molecule has 1 saturated carbocycles. The second-order valence-electron chi connectivity index (χ2n) is 14.6. The second-order valence-corrected chi connectivity index (χ2v) is 14.6. The lowest BCUT2D eigenvalue weighted by molar-refractivity contribution is -0.142. The number of carboxylic acid groups (broad SMARTS) is 1. The molecule has 3 rings (SSSR count). The van der Waals surface area contributed by atoms with Crippen molar-refractivity contribution in [2.75, 3.05) is 13.1 Å². The molecule has 1 heterocycles. The molecule has 0 aromatic heterocycles. The first-order valence-corrected chi connectivity index (χ1v) is 19.6. The highest BCUT2D eigenvalue weighted by atomic mass is 16.4. The molecule has 2 aliphatic rings. The third-order valence-electron chi connectivity index (χ3n) is 10.5. The smallest absolute Gasteiger partial charge is 0.326 e. The number of hydrogen-bond donors (Lipinski definition) is 4. The van der Waals surface area contributed by atoms with E-state index >= 15 is 0 Å². The number of carbonyl (C=O) groups excluding carboxylic acids is 4. The third-order valence-corrected chi connectivity index (χ3v) is 10.5. The fraction of sp³-hybridized carbons (Fsp3) is 0.732. The number of rotatable bonds is 10. The van der Waals surface area contributed by atoms with Crippen LogP contribution in [0.15, 0.2) is 24.3 Å². The minimum absolute atomic E-state index is 0.00973. The number of ketones is 3. The maximum atomic E-state index is 13.2. The van der Waals surface area contributed by atoms with Crippen molar-refractivity contribution < 1.29 is 34.2 Å². The SMILES string of the molecule is CC[C@H]1CCCCCCCCCC(CC(=O)N[C@@H](Cc2ccc(O)cc2)C(=O)O)C1=O.CC[C@H]1CCCCNCCCCC(CC(C)=O)C1=O. The molecule has 1 saturated heterocycles. The number of benzene rings is 1. The number of aromatic hydroxyl groups is 1. The third kappa shape index (κ3) is 17.2. The summed E-state index contributed by atoms with van der Waals surface area (Å²) in [5.41, 5.74) is 0.707. The van der Waals surface area contributed by atoms with E-state index in [1.165, 1.54) is 25.0 Å². The normalized spacial score (nSPS) is 24.1. The summed E-state index contributed by atoms with van der Waals surface area (Å²) in [5, 5.41) is 25.0. The maximum absolute atomic E-state index is 13.2. The van der Waals surface area contributed by atoms with Gasteiger partial charge in [-0.05, 0) is 89.1 Å². The number of phenols is 1. The van der Waals surface area contributed by atoms with E-state index in [0.29, 0.717) is 24.2 Å². The number of hydrogen-bond acceptors (Lipinski definition) is 7. The molecule has 9 heteroatoms. The van der Waals surface area contributed by atoms with E-state index in [4.69, 9.17) is 0 Å². The fourth-order valence-electron chi connectivity index (χ4n) is 7.42. The molecule has 1 aromatic rings. The summed E-state index contributed by atoms with van der Waals surface area (Å²) in [6.07, 6.45) is 18.0. The van der Waals surface area contributed by atoms with Crippen molar-refractivity contribution in [2.45, 2.75) is 155 Å². The number of amides is 1. The molecule has 1 aromatic carbocycles. The van der Waals surface area contributed by atoms with Crippen LogP contribution in [0.3, 0.4) is 0 Å². The lowest BCUT2D eigenvalue weighted by Crippen LogP contribution is -2.43. The van der Waals surface area contributed by atoms with Gasteiger partial charge in [0, 0.05) is 42.9 Å². The summed E-state index contributed by atoms with van der Waals surface area (Å²) in [4.78, 5) is 61.5. The van der Waals surface area contributed by atoms with Crippen LogP contribution in [-0.4, -0.2) is 58.6 Å². The topological polar surface area (TPSA) is 150 Å². The van der Waals surface area contributed by atoms with Gasteiger partial charge in [-0.3, -0.25) is 14.4 Å². The molecule has 1 aliphatic carbocycles. The predicted octanol–water partition coefficient (Wildman–Crippen LogP) is 7.75. The van der Waals surface area contributed by atoms with Gasteiger partial charge in [-0.15, -0.1) is 0 Å². The van der Waals surface area contributed by atoms with E-state index < -0.39 is 12.0 Å². The van der Waals surface area contributed by atoms with E-state index in [1.807, 2.05) is 6.92 Å². The monoisotopic (exact) mass is 698 g/mol. The van der Waals surface area contributed by atoms with Crippen LogP contribution in [0.5, 0.6) is 5.75 Å². The highest BCUT2D eigenvalue weighted by molar-refractivity contribution is 5.90. The lowest BCUT2D eigenvalue weighted by Gasteiger charge is -2.23. The molecule has 0 bridgehead atoms. The van der Waals surface area contributed by atoms with E-state index in [9.17, 15) is 34.2 Å². The Labute approximate surface area is 301 Å². The molecule has 1 aliphatic heterocycles. The minimum Gasteiger partial charge on any atom is -0.508 e. The van der Waals surface area contributed by atoms with E-state index in [1.54, 1.807) is 19.1 Å². The Hall–Kier alpha value is -3.07. The first-order chi connectivity index (χ1) is 24.0. The molecular weight excluding hydrogens is 632 g/mol. The molecule has 4 N–H and O–H groups in total. The van der Waals surface area contributed by atoms with Crippen molar-refractivity contribution >= 4 is 29.2 Å². The van der Waals surface area contributed by atoms with Gasteiger partial charge in [0.1, 0.15) is 29.1 Å². The van der Waals surface area contributed by atoms with Crippen LogP contribution in [-0.2, 0) is 30.4 Å². The van der Waals surface area contributed by atoms with Gasteiger partial charge in [0.05, 0.1) is 0 Å². The number of Topliss-reactive ketones (excluding diaryl/α,β-unsaturated/α-hetero) is 3. The molecule has 0 radical (unpaired) electrons. The average molecular weight is 699 g/mol. The predicted molar refractivity (Wildman–Crippen MR) is 198 cm³/mol. The average Bonchev–Trinajstić information content (AvgIpc) is 3.08. The van der Waals surface area contributed by atoms with Gasteiger partial charge < -0.3 is 25.6 Å². The Morgan fingerprint density at radius 1 is 0.700 bits per heavy atom. The van der Waals surface area contributed by atoms with E-state index in [2.05, 4.69) is 17.6 Å². The number of phenolic OH excluding ortho intramolecular Hbond substituents is 1. The summed E-state index contributed by atoms with van der Waals surface area (Å²) in [6, 6.07) is 5.19. The molecule has 2 unspecified atom stereocenters.